The monoisotopic (exact) mass is 499 g/mol. The number of rotatable bonds is 8. The third-order valence-electron chi connectivity index (χ3n) is 6.96. The first-order chi connectivity index (χ1) is 16.8. The number of sulfone groups is 1. The van der Waals surface area contributed by atoms with Crippen molar-refractivity contribution in [1.82, 2.24) is 9.47 Å². The van der Waals surface area contributed by atoms with E-state index in [9.17, 15) is 13.2 Å². The molecule has 0 atom stereocenters. The first-order valence-electron chi connectivity index (χ1n) is 12.5. The van der Waals surface area contributed by atoms with Crippen molar-refractivity contribution in [1.29, 1.82) is 0 Å². The van der Waals surface area contributed by atoms with Crippen LogP contribution in [-0.2, 0) is 22.8 Å². The lowest BCUT2D eigenvalue weighted by Gasteiger charge is -2.35. The number of piperazine rings is 1. The van der Waals surface area contributed by atoms with Crippen LogP contribution in [0.15, 0.2) is 57.2 Å². The van der Waals surface area contributed by atoms with Crippen molar-refractivity contribution in [2.24, 2.45) is 0 Å². The first kappa shape index (κ1) is 25.4. The lowest BCUT2D eigenvalue weighted by molar-refractivity contribution is 0.270. The minimum absolute atomic E-state index is 0.0686. The van der Waals surface area contributed by atoms with Crippen LogP contribution >= 0.6 is 0 Å². The Morgan fingerprint density at radius 1 is 0.971 bits per heavy atom. The number of likely N-dealkylation sites (N-methyl/N-ethyl adjacent to an activating group) is 1. The number of hydrogen-bond acceptors (Lipinski definition) is 5. The molecule has 0 N–H and O–H groups in total. The van der Waals surface area contributed by atoms with Crippen molar-refractivity contribution >= 4 is 26.4 Å². The van der Waals surface area contributed by atoms with Crippen molar-refractivity contribution in [2.45, 2.75) is 56.4 Å². The summed E-state index contributed by atoms with van der Waals surface area (Å²) in [5, 5.41) is 0.0980. The normalized spacial score (nSPS) is 15.1. The molecular formula is C27H34FN3O3S. The summed E-state index contributed by atoms with van der Waals surface area (Å²) in [6, 6.07) is 9.53. The molecule has 0 spiro atoms. The second-order valence-corrected chi connectivity index (χ2v) is 11.0. The van der Waals surface area contributed by atoms with E-state index in [-0.39, 0.29) is 15.2 Å². The number of nitrogens with zero attached hydrogens (tertiary/aromatic N) is 3. The third kappa shape index (κ3) is 5.00. The van der Waals surface area contributed by atoms with E-state index in [4.69, 9.17) is 0 Å². The van der Waals surface area contributed by atoms with Crippen LogP contribution < -0.4 is 10.3 Å². The van der Waals surface area contributed by atoms with Gasteiger partial charge >= 0.3 is 0 Å². The van der Waals surface area contributed by atoms with Crippen molar-refractivity contribution < 1.29 is 12.8 Å². The molecule has 0 radical (unpaired) electrons. The maximum absolute atomic E-state index is 15.3. The molecular weight excluding hydrogens is 465 g/mol. The highest BCUT2D eigenvalue weighted by atomic mass is 32.2. The molecule has 0 bridgehead atoms. The largest absolute Gasteiger partial charge is 0.367 e. The average Bonchev–Trinajstić information content (AvgIpc) is 2.88. The fourth-order valence-electron chi connectivity index (χ4n) is 4.66. The van der Waals surface area contributed by atoms with Gasteiger partial charge in [-0.15, -0.1) is 0 Å². The summed E-state index contributed by atoms with van der Waals surface area (Å²) in [5.74, 6) is -0.497. The third-order valence-corrected chi connectivity index (χ3v) is 8.72. The molecule has 1 saturated heterocycles. The molecule has 3 aromatic rings. The van der Waals surface area contributed by atoms with E-state index in [1.807, 2.05) is 11.8 Å². The summed E-state index contributed by atoms with van der Waals surface area (Å²) in [6.07, 6.45) is 3.95. The SMILES string of the molecule is CCCCn1cc(S(=O)(=O)c2ccc(CC)cc2)c(=O)c2cc(F)c(N3CCN(CC)CC3)cc21. The molecule has 1 aliphatic heterocycles. The summed E-state index contributed by atoms with van der Waals surface area (Å²) in [6.45, 7) is 10.8. The van der Waals surface area contributed by atoms with Crippen LogP contribution in [0.5, 0.6) is 0 Å². The number of unbranched alkanes of at least 4 members (excludes halogenated alkanes) is 1. The summed E-state index contributed by atoms with van der Waals surface area (Å²) in [7, 11) is -4.06. The Kier molecular flexibility index (Phi) is 7.62. The number of aromatic nitrogens is 1. The summed E-state index contributed by atoms with van der Waals surface area (Å²) >= 11 is 0. The molecule has 0 saturated carbocycles. The Morgan fingerprint density at radius 2 is 1.66 bits per heavy atom. The van der Waals surface area contributed by atoms with Gasteiger partial charge in [0, 0.05) is 38.9 Å². The van der Waals surface area contributed by atoms with Crippen molar-refractivity contribution in [3.63, 3.8) is 0 Å². The highest BCUT2D eigenvalue weighted by Gasteiger charge is 2.26. The van der Waals surface area contributed by atoms with Crippen LogP contribution in [0.1, 0.15) is 39.2 Å². The first-order valence-corrected chi connectivity index (χ1v) is 14.0. The molecule has 0 unspecified atom stereocenters. The molecule has 188 valence electrons. The van der Waals surface area contributed by atoms with Gasteiger partial charge in [-0.1, -0.05) is 39.3 Å². The van der Waals surface area contributed by atoms with E-state index in [2.05, 4.69) is 18.7 Å². The molecule has 0 amide bonds. The summed E-state index contributed by atoms with van der Waals surface area (Å²) in [4.78, 5) is 17.5. The van der Waals surface area contributed by atoms with Gasteiger partial charge < -0.3 is 14.4 Å². The predicted octanol–water partition coefficient (Wildman–Crippen LogP) is 4.48. The molecule has 2 heterocycles. The number of hydrogen-bond donors (Lipinski definition) is 0. The van der Waals surface area contributed by atoms with Crippen LogP contribution in [-0.4, -0.2) is 50.6 Å². The van der Waals surface area contributed by atoms with Gasteiger partial charge in [0.05, 0.1) is 21.5 Å². The number of benzene rings is 2. The minimum Gasteiger partial charge on any atom is -0.367 e. The Morgan fingerprint density at radius 3 is 2.26 bits per heavy atom. The van der Waals surface area contributed by atoms with Crippen molar-refractivity contribution in [3.8, 4) is 0 Å². The van der Waals surface area contributed by atoms with Crippen LogP contribution in [0, 0.1) is 5.82 Å². The summed E-state index contributed by atoms with van der Waals surface area (Å²) in [5.41, 5.74) is 1.38. The van der Waals surface area contributed by atoms with Crippen LogP contribution in [0.25, 0.3) is 10.9 Å². The highest BCUT2D eigenvalue weighted by molar-refractivity contribution is 7.91. The molecule has 2 aromatic carbocycles. The molecule has 8 heteroatoms. The molecule has 4 rings (SSSR count). The van der Waals surface area contributed by atoms with Gasteiger partial charge in [-0.3, -0.25) is 4.79 Å². The number of anilines is 1. The maximum atomic E-state index is 15.3. The van der Waals surface area contributed by atoms with E-state index in [1.54, 1.807) is 22.8 Å². The van der Waals surface area contributed by atoms with Gasteiger partial charge in [-0.05, 0) is 49.2 Å². The van der Waals surface area contributed by atoms with Gasteiger partial charge in [0.25, 0.3) is 0 Å². The van der Waals surface area contributed by atoms with E-state index in [0.29, 0.717) is 30.8 Å². The zero-order valence-electron chi connectivity index (χ0n) is 20.8. The smallest absolute Gasteiger partial charge is 0.211 e. The molecule has 35 heavy (non-hydrogen) atoms. The number of halogens is 1. The molecule has 0 aliphatic carbocycles. The van der Waals surface area contributed by atoms with Gasteiger partial charge in [-0.2, -0.15) is 0 Å². The number of fused-ring (bicyclic) bond motifs is 1. The van der Waals surface area contributed by atoms with Crippen molar-refractivity contribution in [3.05, 3.63) is 64.2 Å². The highest BCUT2D eigenvalue weighted by Crippen LogP contribution is 2.28. The van der Waals surface area contributed by atoms with Crippen molar-refractivity contribution in [2.75, 3.05) is 37.6 Å². The Bertz CT molecular complexity index is 1360. The molecule has 1 aromatic heterocycles. The van der Waals surface area contributed by atoms with Gasteiger partial charge in [0.1, 0.15) is 10.7 Å². The zero-order valence-corrected chi connectivity index (χ0v) is 21.6. The minimum atomic E-state index is -4.06. The lowest BCUT2D eigenvalue weighted by Crippen LogP contribution is -2.46. The van der Waals surface area contributed by atoms with E-state index < -0.39 is 21.1 Å². The van der Waals surface area contributed by atoms with E-state index >= 15 is 4.39 Å². The van der Waals surface area contributed by atoms with Crippen LogP contribution in [0.3, 0.4) is 0 Å². The zero-order chi connectivity index (χ0) is 25.2. The standard InChI is InChI=1S/C27H34FN3O3S/c1-4-7-12-31-19-26(35(33,34)21-10-8-20(5-2)9-11-21)27(32)22-17-23(28)25(18-24(22)31)30-15-13-29(6-3)14-16-30/h8-11,17-19H,4-7,12-16H2,1-3H3. The van der Waals surface area contributed by atoms with Crippen LogP contribution in [0.4, 0.5) is 10.1 Å². The maximum Gasteiger partial charge on any atom is 0.211 e. The Hall–Kier alpha value is -2.71. The van der Waals surface area contributed by atoms with Gasteiger partial charge in [-0.25, -0.2) is 12.8 Å². The second kappa shape index (κ2) is 10.5. The van der Waals surface area contributed by atoms with E-state index in [0.717, 1.165) is 44.5 Å². The van der Waals surface area contributed by atoms with Gasteiger partial charge in [0.2, 0.25) is 15.3 Å². The average molecular weight is 500 g/mol. The van der Waals surface area contributed by atoms with Crippen LogP contribution in [0.2, 0.25) is 0 Å². The number of pyridine rings is 1. The molecule has 1 aliphatic rings. The number of aryl methyl sites for hydroxylation is 2. The summed E-state index contributed by atoms with van der Waals surface area (Å²) < 4.78 is 44.1. The lowest BCUT2D eigenvalue weighted by atomic mass is 10.1. The fraction of sp³-hybridized carbons (Fsp3) is 0.444. The van der Waals surface area contributed by atoms with E-state index in [1.165, 1.54) is 24.4 Å². The predicted molar refractivity (Wildman–Crippen MR) is 139 cm³/mol. The quantitative estimate of drug-likeness (QED) is 0.457. The van der Waals surface area contributed by atoms with Gasteiger partial charge in [0.15, 0.2) is 0 Å². The fourth-order valence-corrected chi connectivity index (χ4v) is 6.02. The molecule has 6 nitrogen and oxygen atoms in total. The molecule has 1 fully saturated rings. The Labute approximate surface area is 206 Å². The second-order valence-electron chi connectivity index (χ2n) is 9.11. The topological polar surface area (TPSA) is 62.6 Å². The Balaban J connectivity index is 1.85.